The van der Waals surface area contributed by atoms with E-state index < -0.39 is 0 Å². The standard InChI is InChI=1S/C27H25FN4/c28-23-7-5-20(6-8-23)26-27(21-11-14-29-15-12-21)32-24(9-10-25(32)30-26)18-31-16-13-19-3-1-2-4-22(19)17-31/h1-8,11-12,14-15,24H,9-10,13,16-18H2/t24-/m0/s1. The summed E-state index contributed by atoms with van der Waals surface area (Å²) in [6.45, 7) is 3.11. The number of imidazole rings is 1. The Morgan fingerprint density at radius 2 is 1.66 bits per heavy atom. The minimum atomic E-state index is -0.228. The molecule has 4 aromatic rings. The zero-order chi connectivity index (χ0) is 21.5. The average Bonchev–Trinajstić information content (AvgIpc) is 3.40. The fraction of sp³-hybridized carbons (Fsp3) is 0.259. The van der Waals surface area contributed by atoms with Gasteiger partial charge in [-0.15, -0.1) is 0 Å². The third kappa shape index (κ3) is 3.43. The third-order valence-electron chi connectivity index (χ3n) is 6.80. The summed E-state index contributed by atoms with van der Waals surface area (Å²) in [4.78, 5) is 11.8. The van der Waals surface area contributed by atoms with Gasteiger partial charge in [0.1, 0.15) is 11.6 Å². The van der Waals surface area contributed by atoms with Crippen LogP contribution in [0.15, 0.2) is 73.1 Å². The SMILES string of the molecule is Fc1ccc(-c2nc3n(c2-c2ccncc2)[C@H](CN2CCc4ccccc4C2)CC3)cc1. The Morgan fingerprint density at radius 3 is 2.47 bits per heavy atom. The number of hydrogen-bond donors (Lipinski definition) is 0. The Labute approximate surface area is 187 Å². The van der Waals surface area contributed by atoms with Gasteiger partial charge in [-0.25, -0.2) is 9.37 Å². The highest BCUT2D eigenvalue weighted by Crippen LogP contribution is 2.40. The second-order valence-electron chi connectivity index (χ2n) is 8.78. The number of aryl methyl sites for hydroxylation is 1. The number of benzene rings is 2. The Bertz CT molecular complexity index is 1250. The van der Waals surface area contributed by atoms with Gasteiger partial charge in [-0.05, 0) is 60.4 Å². The predicted octanol–water partition coefficient (Wildman–Crippen LogP) is 5.30. The largest absolute Gasteiger partial charge is 0.323 e. The summed E-state index contributed by atoms with van der Waals surface area (Å²) in [5.41, 5.74) is 7.03. The number of aromatic nitrogens is 3. The van der Waals surface area contributed by atoms with E-state index in [-0.39, 0.29) is 5.82 Å². The molecule has 2 aliphatic heterocycles. The number of fused-ring (bicyclic) bond motifs is 2. The van der Waals surface area contributed by atoms with Gasteiger partial charge >= 0.3 is 0 Å². The molecule has 0 amide bonds. The quantitative estimate of drug-likeness (QED) is 0.446. The van der Waals surface area contributed by atoms with Crippen molar-refractivity contribution in [2.24, 2.45) is 0 Å². The molecule has 2 aliphatic rings. The van der Waals surface area contributed by atoms with Crippen LogP contribution in [-0.2, 0) is 19.4 Å². The van der Waals surface area contributed by atoms with Gasteiger partial charge in [0.25, 0.3) is 0 Å². The van der Waals surface area contributed by atoms with Gasteiger partial charge < -0.3 is 4.57 Å². The second kappa shape index (κ2) is 7.99. The number of pyridine rings is 1. The molecule has 0 radical (unpaired) electrons. The lowest BCUT2D eigenvalue weighted by Gasteiger charge is -2.31. The van der Waals surface area contributed by atoms with E-state index in [9.17, 15) is 4.39 Å². The molecule has 0 aliphatic carbocycles. The first-order chi connectivity index (χ1) is 15.8. The smallest absolute Gasteiger partial charge is 0.123 e. The van der Waals surface area contributed by atoms with Crippen LogP contribution in [0.4, 0.5) is 4.39 Å². The molecule has 4 heterocycles. The van der Waals surface area contributed by atoms with Crippen LogP contribution in [0.3, 0.4) is 0 Å². The molecule has 5 heteroatoms. The average molecular weight is 425 g/mol. The molecule has 0 unspecified atom stereocenters. The molecule has 0 bridgehead atoms. The van der Waals surface area contributed by atoms with Gasteiger partial charge in [0.15, 0.2) is 0 Å². The summed E-state index contributed by atoms with van der Waals surface area (Å²) in [6, 6.07) is 19.9. The van der Waals surface area contributed by atoms with Gasteiger partial charge in [-0.2, -0.15) is 0 Å². The lowest BCUT2D eigenvalue weighted by Crippen LogP contribution is -2.34. The summed E-state index contributed by atoms with van der Waals surface area (Å²) in [5.74, 6) is 0.896. The van der Waals surface area contributed by atoms with Crippen molar-refractivity contribution in [3.63, 3.8) is 0 Å². The molecule has 160 valence electrons. The van der Waals surface area contributed by atoms with Crippen molar-refractivity contribution in [1.29, 1.82) is 0 Å². The first-order valence-corrected chi connectivity index (χ1v) is 11.3. The minimum Gasteiger partial charge on any atom is -0.323 e. The molecular formula is C27H25FN4. The molecular weight excluding hydrogens is 399 g/mol. The van der Waals surface area contributed by atoms with E-state index >= 15 is 0 Å². The van der Waals surface area contributed by atoms with E-state index in [0.717, 1.165) is 67.2 Å². The van der Waals surface area contributed by atoms with Crippen LogP contribution < -0.4 is 0 Å². The molecule has 1 atom stereocenters. The van der Waals surface area contributed by atoms with Crippen molar-refractivity contribution < 1.29 is 4.39 Å². The zero-order valence-corrected chi connectivity index (χ0v) is 17.9. The number of rotatable bonds is 4. The van der Waals surface area contributed by atoms with E-state index in [0.29, 0.717) is 6.04 Å². The summed E-state index contributed by atoms with van der Waals surface area (Å²) in [5, 5.41) is 0. The summed E-state index contributed by atoms with van der Waals surface area (Å²) >= 11 is 0. The van der Waals surface area contributed by atoms with Crippen LogP contribution in [-0.4, -0.2) is 32.5 Å². The highest BCUT2D eigenvalue weighted by molar-refractivity contribution is 5.79. The first kappa shape index (κ1) is 19.4. The molecule has 4 nitrogen and oxygen atoms in total. The van der Waals surface area contributed by atoms with Crippen molar-refractivity contribution in [3.8, 4) is 22.5 Å². The Morgan fingerprint density at radius 1 is 0.875 bits per heavy atom. The molecule has 6 rings (SSSR count). The minimum absolute atomic E-state index is 0.228. The zero-order valence-electron chi connectivity index (χ0n) is 17.9. The monoisotopic (exact) mass is 424 g/mol. The van der Waals surface area contributed by atoms with Crippen molar-refractivity contribution in [2.45, 2.75) is 31.8 Å². The van der Waals surface area contributed by atoms with Crippen molar-refractivity contribution >= 4 is 0 Å². The van der Waals surface area contributed by atoms with E-state index in [1.54, 1.807) is 0 Å². The van der Waals surface area contributed by atoms with Crippen LogP contribution >= 0.6 is 0 Å². The molecule has 0 spiro atoms. The lowest BCUT2D eigenvalue weighted by atomic mass is 9.99. The molecule has 2 aromatic carbocycles. The Hall–Kier alpha value is -3.31. The Balaban J connectivity index is 1.38. The first-order valence-electron chi connectivity index (χ1n) is 11.3. The summed E-state index contributed by atoms with van der Waals surface area (Å²) in [7, 11) is 0. The lowest BCUT2D eigenvalue weighted by molar-refractivity contribution is 0.218. The normalized spacial score (nSPS) is 17.8. The number of hydrogen-bond acceptors (Lipinski definition) is 3. The van der Waals surface area contributed by atoms with E-state index in [1.807, 2.05) is 36.7 Å². The van der Waals surface area contributed by atoms with Gasteiger partial charge in [0.05, 0.1) is 11.4 Å². The summed E-state index contributed by atoms with van der Waals surface area (Å²) < 4.78 is 16.0. The fourth-order valence-electron chi connectivity index (χ4n) is 5.25. The fourth-order valence-corrected chi connectivity index (χ4v) is 5.25. The van der Waals surface area contributed by atoms with Crippen LogP contribution in [0, 0.1) is 5.82 Å². The van der Waals surface area contributed by atoms with Gasteiger partial charge in [0, 0.05) is 55.6 Å². The van der Waals surface area contributed by atoms with Crippen LogP contribution in [0.1, 0.15) is 29.4 Å². The molecule has 32 heavy (non-hydrogen) atoms. The second-order valence-corrected chi connectivity index (χ2v) is 8.78. The van der Waals surface area contributed by atoms with Gasteiger partial charge in [-0.1, -0.05) is 24.3 Å². The van der Waals surface area contributed by atoms with Crippen LogP contribution in [0.25, 0.3) is 22.5 Å². The highest BCUT2D eigenvalue weighted by atomic mass is 19.1. The third-order valence-corrected chi connectivity index (χ3v) is 6.80. The summed E-state index contributed by atoms with van der Waals surface area (Å²) in [6.07, 6.45) is 6.83. The predicted molar refractivity (Wildman–Crippen MR) is 124 cm³/mol. The molecule has 0 saturated heterocycles. The molecule has 0 fully saturated rings. The maximum absolute atomic E-state index is 13.6. The van der Waals surface area contributed by atoms with Crippen LogP contribution in [0.5, 0.6) is 0 Å². The molecule has 2 aromatic heterocycles. The van der Waals surface area contributed by atoms with Gasteiger partial charge in [-0.3, -0.25) is 9.88 Å². The van der Waals surface area contributed by atoms with Gasteiger partial charge in [0.2, 0.25) is 0 Å². The maximum atomic E-state index is 13.6. The Kier molecular flexibility index (Phi) is 4.84. The number of nitrogens with zero attached hydrogens (tertiary/aromatic N) is 4. The van der Waals surface area contributed by atoms with E-state index in [1.165, 1.54) is 23.3 Å². The molecule has 0 N–H and O–H groups in total. The molecule has 0 saturated carbocycles. The van der Waals surface area contributed by atoms with Crippen molar-refractivity contribution in [1.82, 2.24) is 19.4 Å². The van der Waals surface area contributed by atoms with Crippen molar-refractivity contribution in [3.05, 3.63) is 95.8 Å². The van der Waals surface area contributed by atoms with Crippen molar-refractivity contribution in [2.75, 3.05) is 13.1 Å². The van der Waals surface area contributed by atoms with Crippen LogP contribution in [0.2, 0.25) is 0 Å². The van der Waals surface area contributed by atoms with E-state index in [4.69, 9.17) is 4.98 Å². The topological polar surface area (TPSA) is 34.0 Å². The maximum Gasteiger partial charge on any atom is 0.123 e. The van der Waals surface area contributed by atoms with E-state index in [2.05, 4.69) is 38.7 Å². The number of halogens is 1. The highest BCUT2D eigenvalue weighted by Gasteiger charge is 2.31.